The molecule has 2 aliphatic rings. The predicted octanol–water partition coefficient (Wildman–Crippen LogP) is 2.94. The van der Waals surface area contributed by atoms with Gasteiger partial charge in [-0.15, -0.1) is 0 Å². The highest BCUT2D eigenvalue weighted by molar-refractivity contribution is 5.94. The van der Waals surface area contributed by atoms with Gasteiger partial charge in [0.1, 0.15) is 0 Å². The smallest absolute Gasteiger partial charge is 0.253 e. The topological polar surface area (TPSA) is 40.6 Å². The molecule has 0 atom stereocenters. The first-order valence-corrected chi connectivity index (χ1v) is 8.89. The summed E-state index contributed by atoms with van der Waals surface area (Å²) in [6.45, 7) is 3.22. The largest absolute Gasteiger partial charge is 0.342 e. The molecule has 1 aromatic carbocycles. The quantitative estimate of drug-likeness (QED) is 0.842. The molecule has 2 heterocycles. The maximum absolute atomic E-state index is 12.7. The van der Waals surface area contributed by atoms with E-state index in [0.717, 1.165) is 44.3 Å². The Kier molecular flexibility index (Phi) is 5.31. The molecule has 3 rings (SSSR count). The Bertz CT molecular complexity index is 528. The van der Waals surface area contributed by atoms with Gasteiger partial charge in [-0.1, -0.05) is 31.0 Å². The summed E-state index contributed by atoms with van der Waals surface area (Å²) in [5, 5.41) is 0. The van der Waals surface area contributed by atoms with Gasteiger partial charge in [-0.05, 0) is 37.8 Å². The maximum atomic E-state index is 12.7. The van der Waals surface area contributed by atoms with Gasteiger partial charge >= 0.3 is 0 Å². The van der Waals surface area contributed by atoms with Crippen molar-refractivity contribution in [3.8, 4) is 0 Å². The first-order valence-electron chi connectivity index (χ1n) is 8.89. The van der Waals surface area contributed by atoms with E-state index in [1.54, 1.807) is 0 Å². The first kappa shape index (κ1) is 16.0. The number of likely N-dealkylation sites (tertiary alicyclic amines) is 2. The van der Waals surface area contributed by atoms with Crippen molar-refractivity contribution in [2.75, 3.05) is 26.2 Å². The van der Waals surface area contributed by atoms with Crippen LogP contribution in [0.4, 0.5) is 0 Å². The fraction of sp³-hybridized carbons (Fsp3) is 0.579. The van der Waals surface area contributed by atoms with E-state index in [1.165, 1.54) is 12.8 Å². The zero-order valence-electron chi connectivity index (χ0n) is 13.7. The van der Waals surface area contributed by atoms with Gasteiger partial charge in [0.05, 0.1) is 0 Å². The Hall–Kier alpha value is -1.84. The second kappa shape index (κ2) is 7.62. The summed E-state index contributed by atoms with van der Waals surface area (Å²) in [6.07, 6.45) is 6.36. The number of hydrogen-bond acceptors (Lipinski definition) is 2. The van der Waals surface area contributed by atoms with Gasteiger partial charge in [-0.25, -0.2) is 0 Å². The van der Waals surface area contributed by atoms with Gasteiger partial charge in [0.15, 0.2) is 0 Å². The highest BCUT2D eigenvalue weighted by Gasteiger charge is 2.30. The van der Waals surface area contributed by atoms with E-state index in [4.69, 9.17) is 0 Å². The van der Waals surface area contributed by atoms with Crippen LogP contribution in [-0.4, -0.2) is 47.8 Å². The number of amides is 2. The molecule has 0 N–H and O–H groups in total. The standard InChI is InChI=1S/C19H26N2O2/c22-18(16-8-4-3-5-9-16)21-14-10-17(11-15-21)19(23)20-12-6-1-2-7-13-20/h3-5,8-9,17H,1-2,6-7,10-15H2. The monoisotopic (exact) mass is 314 g/mol. The molecular weight excluding hydrogens is 288 g/mol. The summed E-state index contributed by atoms with van der Waals surface area (Å²) in [6, 6.07) is 9.42. The molecule has 0 spiro atoms. The minimum absolute atomic E-state index is 0.0891. The summed E-state index contributed by atoms with van der Waals surface area (Å²) in [7, 11) is 0. The molecule has 0 unspecified atom stereocenters. The molecule has 0 bridgehead atoms. The lowest BCUT2D eigenvalue weighted by molar-refractivity contribution is -0.136. The number of rotatable bonds is 2. The summed E-state index contributed by atoms with van der Waals surface area (Å²) in [5.74, 6) is 0.512. The van der Waals surface area contributed by atoms with E-state index in [2.05, 4.69) is 4.90 Å². The van der Waals surface area contributed by atoms with Crippen molar-refractivity contribution in [3.63, 3.8) is 0 Å². The molecule has 1 aromatic rings. The van der Waals surface area contributed by atoms with Crippen LogP contribution in [0.2, 0.25) is 0 Å². The summed E-state index contributed by atoms with van der Waals surface area (Å²) in [5.41, 5.74) is 0.741. The molecule has 0 saturated carbocycles. The summed E-state index contributed by atoms with van der Waals surface area (Å²) < 4.78 is 0. The highest BCUT2D eigenvalue weighted by Crippen LogP contribution is 2.22. The second-order valence-corrected chi connectivity index (χ2v) is 6.67. The zero-order chi connectivity index (χ0) is 16.1. The molecule has 2 aliphatic heterocycles. The SMILES string of the molecule is O=C(c1ccccc1)N1CCC(C(=O)N2CCCCCC2)CC1. The third kappa shape index (κ3) is 3.92. The van der Waals surface area contributed by atoms with E-state index in [9.17, 15) is 9.59 Å². The molecule has 2 amide bonds. The Morgan fingerprint density at radius 1 is 0.783 bits per heavy atom. The minimum atomic E-state index is 0.0891. The Labute approximate surface area is 138 Å². The van der Waals surface area contributed by atoms with E-state index in [1.807, 2.05) is 35.2 Å². The third-order valence-electron chi connectivity index (χ3n) is 5.07. The van der Waals surface area contributed by atoms with Crippen LogP contribution in [0.15, 0.2) is 30.3 Å². The minimum Gasteiger partial charge on any atom is -0.342 e. The lowest BCUT2D eigenvalue weighted by atomic mass is 9.94. The van der Waals surface area contributed by atoms with Gasteiger partial charge in [0.25, 0.3) is 5.91 Å². The lowest BCUT2D eigenvalue weighted by Crippen LogP contribution is -2.44. The fourth-order valence-electron chi connectivity index (χ4n) is 3.64. The van der Waals surface area contributed by atoms with E-state index < -0.39 is 0 Å². The van der Waals surface area contributed by atoms with Crippen LogP contribution < -0.4 is 0 Å². The Balaban J connectivity index is 1.53. The molecule has 0 radical (unpaired) electrons. The number of carbonyl (C=O) groups is 2. The number of nitrogens with zero attached hydrogens (tertiary/aromatic N) is 2. The van der Waals surface area contributed by atoms with Crippen LogP contribution in [-0.2, 0) is 4.79 Å². The molecule has 4 nitrogen and oxygen atoms in total. The number of piperidine rings is 1. The van der Waals surface area contributed by atoms with Crippen LogP contribution in [0, 0.1) is 5.92 Å². The normalized spacial score (nSPS) is 20.2. The second-order valence-electron chi connectivity index (χ2n) is 6.67. The van der Waals surface area contributed by atoms with E-state index in [0.29, 0.717) is 19.0 Å². The fourth-order valence-corrected chi connectivity index (χ4v) is 3.64. The molecule has 0 aromatic heterocycles. The van der Waals surface area contributed by atoms with Crippen LogP contribution in [0.25, 0.3) is 0 Å². The van der Waals surface area contributed by atoms with Gasteiger partial charge in [0, 0.05) is 37.7 Å². The lowest BCUT2D eigenvalue weighted by Gasteiger charge is -2.34. The van der Waals surface area contributed by atoms with Crippen molar-refractivity contribution in [2.45, 2.75) is 38.5 Å². The van der Waals surface area contributed by atoms with Gasteiger partial charge < -0.3 is 9.80 Å². The van der Waals surface area contributed by atoms with Gasteiger partial charge in [-0.3, -0.25) is 9.59 Å². The molecule has 2 saturated heterocycles. The highest BCUT2D eigenvalue weighted by atomic mass is 16.2. The zero-order valence-corrected chi connectivity index (χ0v) is 13.7. The van der Waals surface area contributed by atoms with Crippen LogP contribution in [0.5, 0.6) is 0 Å². The van der Waals surface area contributed by atoms with Gasteiger partial charge in [-0.2, -0.15) is 0 Å². The molecule has 23 heavy (non-hydrogen) atoms. The Morgan fingerprint density at radius 2 is 1.39 bits per heavy atom. The summed E-state index contributed by atoms with van der Waals surface area (Å²) in [4.78, 5) is 29.1. The molecule has 0 aliphatic carbocycles. The summed E-state index contributed by atoms with van der Waals surface area (Å²) >= 11 is 0. The average Bonchev–Trinajstić information content (AvgIpc) is 2.91. The van der Waals surface area contributed by atoms with E-state index >= 15 is 0 Å². The molecule has 2 fully saturated rings. The maximum Gasteiger partial charge on any atom is 0.253 e. The van der Waals surface area contributed by atoms with Crippen molar-refractivity contribution in [3.05, 3.63) is 35.9 Å². The first-order chi connectivity index (χ1) is 11.3. The third-order valence-corrected chi connectivity index (χ3v) is 5.07. The van der Waals surface area contributed by atoms with Crippen LogP contribution in [0.1, 0.15) is 48.9 Å². The van der Waals surface area contributed by atoms with Crippen molar-refractivity contribution >= 4 is 11.8 Å². The van der Waals surface area contributed by atoms with Crippen molar-refractivity contribution in [1.29, 1.82) is 0 Å². The van der Waals surface area contributed by atoms with Crippen molar-refractivity contribution < 1.29 is 9.59 Å². The van der Waals surface area contributed by atoms with E-state index in [-0.39, 0.29) is 11.8 Å². The van der Waals surface area contributed by atoms with Gasteiger partial charge in [0.2, 0.25) is 5.91 Å². The number of carbonyl (C=O) groups excluding carboxylic acids is 2. The molecule has 4 heteroatoms. The molecule has 124 valence electrons. The van der Waals surface area contributed by atoms with Crippen molar-refractivity contribution in [1.82, 2.24) is 9.80 Å². The average molecular weight is 314 g/mol. The molecular formula is C19H26N2O2. The predicted molar refractivity (Wildman–Crippen MR) is 90.1 cm³/mol. The number of hydrogen-bond donors (Lipinski definition) is 0. The van der Waals surface area contributed by atoms with Crippen LogP contribution in [0.3, 0.4) is 0 Å². The van der Waals surface area contributed by atoms with Crippen molar-refractivity contribution in [2.24, 2.45) is 5.92 Å². The number of benzene rings is 1. The van der Waals surface area contributed by atoms with Crippen LogP contribution >= 0.6 is 0 Å². The Morgan fingerprint density at radius 3 is 2.00 bits per heavy atom.